The number of hydrogen-bond donors (Lipinski definition) is 2. The van der Waals surface area contributed by atoms with E-state index in [-0.39, 0.29) is 0 Å². The lowest BCUT2D eigenvalue weighted by atomic mass is 10.0. The maximum Gasteiger partial charge on any atom is 0.191 e. The lowest BCUT2D eigenvalue weighted by Gasteiger charge is -2.32. The van der Waals surface area contributed by atoms with Crippen LogP contribution in [0.1, 0.15) is 23.6 Å². The van der Waals surface area contributed by atoms with Gasteiger partial charge in [0.1, 0.15) is 5.82 Å². The SMILES string of the molecule is CSc1nc2c3c(n1)N(Cc1ccccc1)CCC3NN2. The third kappa shape index (κ3) is 2.24. The predicted molar refractivity (Wildman–Crippen MR) is 85.4 cm³/mol. The summed E-state index contributed by atoms with van der Waals surface area (Å²) in [4.78, 5) is 11.7. The standard InChI is InChI=1S/C15H17N5S/c1-21-15-16-13-12-11(18-19-13)7-8-20(14(12)17-15)9-10-5-3-2-4-6-10/h2-6,11,18H,7-9H2,1H3,(H,16,17,19). The molecular formula is C15H17N5S. The van der Waals surface area contributed by atoms with E-state index in [0.717, 1.165) is 36.3 Å². The summed E-state index contributed by atoms with van der Waals surface area (Å²) in [6.07, 6.45) is 3.08. The van der Waals surface area contributed by atoms with Crippen LogP contribution in [0.4, 0.5) is 11.6 Å². The van der Waals surface area contributed by atoms with Gasteiger partial charge in [-0.2, -0.15) is 0 Å². The zero-order valence-corrected chi connectivity index (χ0v) is 12.7. The Balaban J connectivity index is 1.73. The minimum atomic E-state index is 0.331. The van der Waals surface area contributed by atoms with Gasteiger partial charge in [-0.15, -0.1) is 0 Å². The number of benzene rings is 1. The molecule has 108 valence electrons. The van der Waals surface area contributed by atoms with Crippen LogP contribution in [0.15, 0.2) is 35.5 Å². The number of hydrogen-bond acceptors (Lipinski definition) is 6. The number of nitrogens with zero attached hydrogens (tertiary/aromatic N) is 3. The summed E-state index contributed by atoms with van der Waals surface area (Å²) in [6.45, 7) is 1.90. The molecule has 1 atom stereocenters. The molecule has 2 aliphatic heterocycles. The molecule has 0 bridgehead atoms. The second-order valence-corrected chi connectivity index (χ2v) is 6.09. The minimum Gasteiger partial charge on any atom is -0.352 e. The molecule has 1 aromatic heterocycles. The molecule has 0 amide bonds. The summed E-state index contributed by atoms with van der Waals surface area (Å²) < 4.78 is 0. The van der Waals surface area contributed by atoms with Gasteiger partial charge in [0.15, 0.2) is 11.0 Å². The van der Waals surface area contributed by atoms with Gasteiger partial charge < -0.3 is 10.3 Å². The van der Waals surface area contributed by atoms with E-state index in [9.17, 15) is 0 Å². The molecule has 1 aromatic carbocycles. The van der Waals surface area contributed by atoms with Crippen LogP contribution in [0.2, 0.25) is 0 Å². The van der Waals surface area contributed by atoms with E-state index in [0.29, 0.717) is 6.04 Å². The molecule has 0 spiro atoms. The molecule has 2 aliphatic rings. The average Bonchev–Trinajstić information content (AvgIpc) is 2.95. The summed E-state index contributed by atoms with van der Waals surface area (Å²) in [5.41, 5.74) is 9.04. The molecule has 3 heterocycles. The molecule has 5 nitrogen and oxygen atoms in total. The first-order valence-corrected chi connectivity index (χ1v) is 8.34. The Bertz CT molecular complexity index is 661. The summed E-state index contributed by atoms with van der Waals surface area (Å²) in [5, 5.41) is 0.818. The van der Waals surface area contributed by atoms with Crippen LogP contribution in [0.5, 0.6) is 0 Å². The van der Waals surface area contributed by atoms with Crippen molar-refractivity contribution >= 4 is 23.4 Å². The minimum absolute atomic E-state index is 0.331. The van der Waals surface area contributed by atoms with Gasteiger partial charge in [-0.05, 0) is 18.2 Å². The molecule has 0 aliphatic carbocycles. The van der Waals surface area contributed by atoms with E-state index < -0.39 is 0 Å². The molecule has 0 fully saturated rings. The zero-order chi connectivity index (χ0) is 14.2. The Morgan fingerprint density at radius 3 is 2.95 bits per heavy atom. The number of hydrazine groups is 1. The Labute approximate surface area is 128 Å². The van der Waals surface area contributed by atoms with Gasteiger partial charge in [0, 0.05) is 13.1 Å². The zero-order valence-electron chi connectivity index (χ0n) is 11.8. The van der Waals surface area contributed by atoms with Crippen molar-refractivity contribution in [3.63, 3.8) is 0 Å². The molecule has 6 heteroatoms. The largest absolute Gasteiger partial charge is 0.352 e. The number of rotatable bonds is 3. The highest BCUT2D eigenvalue weighted by Gasteiger charge is 2.34. The van der Waals surface area contributed by atoms with E-state index in [1.165, 1.54) is 11.1 Å². The van der Waals surface area contributed by atoms with E-state index in [1.807, 2.05) is 6.26 Å². The van der Waals surface area contributed by atoms with Crippen LogP contribution in [0, 0.1) is 0 Å². The molecule has 0 saturated heterocycles. The molecule has 4 rings (SSSR count). The quantitative estimate of drug-likeness (QED) is 0.671. The van der Waals surface area contributed by atoms with Gasteiger partial charge in [0.25, 0.3) is 0 Å². The molecule has 1 unspecified atom stereocenters. The summed E-state index contributed by atoms with van der Waals surface area (Å²) in [5.74, 6) is 2.01. The van der Waals surface area contributed by atoms with Crippen LogP contribution in [-0.4, -0.2) is 22.8 Å². The van der Waals surface area contributed by atoms with Gasteiger partial charge in [-0.25, -0.2) is 15.4 Å². The maximum atomic E-state index is 4.76. The Morgan fingerprint density at radius 2 is 2.14 bits per heavy atom. The first-order valence-electron chi connectivity index (χ1n) is 7.11. The van der Waals surface area contributed by atoms with Crippen molar-refractivity contribution < 1.29 is 0 Å². The van der Waals surface area contributed by atoms with Crippen LogP contribution in [0.3, 0.4) is 0 Å². The average molecular weight is 299 g/mol. The number of nitrogens with one attached hydrogen (secondary N) is 2. The highest BCUT2D eigenvalue weighted by atomic mass is 32.2. The lowest BCUT2D eigenvalue weighted by Crippen LogP contribution is -2.34. The van der Waals surface area contributed by atoms with Crippen LogP contribution in [0.25, 0.3) is 0 Å². The van der Waals surface area contributed by atoms with Gasteiger partial charge in [-0.1, -0.05) is 42.1 Å². The van der Waals surface area contributed by atoms with Crippen molar-refractivity contribution in [3.05, 3.63) is 41.5 Å². The Hall–Kier alpha value is -1.79. The second-order valence-electron chi connectivity index (χ2n) is 5.31. The van der Waals surface area contributed by atoms with E-state index >= 15 is 0 Å². The van der Waals surface area contributed by atoms with Crippen LogP contribution < -0.4 is 15.8 Å². The monoisotopic (exact) mass is 299 g/mol. The smallest absolute Gasteiger partial charge is 0.191 e. The fraction of sp³-hybridized carbons (Fsp3) is 0.333. The number of thioether (sulfide) groups is 1. The molecular weight excluding hydrogens is 282 g/mol. The fourth-order valence-corrected chi connectivity index (χ4v) is 3.34. The first-order chi connectivity index (χ1) is 10.3. The van der Waals surface area contributed by atoms with Gasteiger partial charge in [-0.3, -0.25) is 0 Å². The molecule has 21 heavy (non-hydrogen) atoms. The van der Waals surface area contributed by atoms with E-state index in [1.54, 1.807) is 11.8 Å². The predicted octanol–water partition coefficient (Wildman–Crippen LogP) is 2.58. The summed E-state index contributed by atoms with van der Waals surface area (Å²) in [6, 6.07) is 10.9. The van der Waals surface area contributed by atoms with Crippen molar-refractivity contribution in [3.8, 4) is 0 Å². The topological polar surface area (TPSA) is 53.1 Å². The first kappa shape index (κ1) is 12.9. The number of aromatic nitrogens is 2. The van der Waals surface area contributed by atoms with Gasteiger partial charge in [0.2, 0.25) is 0 Å². The van der Waals surface area contributed by atoms with Crippen molar-refractivity contribution in [1.29, 1.82) is 0 Å². The normalized spacial score (nSPS) is 19.3. The van der Waals surface area contributed by atoms with Crippen molar-refractivity contribution in [2.45, 2.75) is 24.2 Å². The molecule has 0 radical (unpaired) electrons. The highest BCUT2D eigenvalue weighted by Crippen LogP contribution is 2.41. The third-order valence-electron chi connectivity index (χ3n) is 4.00. The second kappa shape index (κ2) is 5.20. The van der Waals surface area contributed by atoms with Crippen molar-refractivity contribution in [2.24, 2.45) is 0 Å². The lowest BCUT2D eigenvalue weighted by molar-refractivity contribution is 0.532. The Morgan fingerprint density at radius 1 is 1.29 bits per heavy atom. The molecule has 0 saturated carbocycles. The highest BCUT2D eigenvalue weighted by molar-refractivity contribution is 7.98. The van der Waals surface area contributed by atoms with Crippen molar-refractivity contribution in [2.75, 3.05) is 23.1 Å². The van der Waals surface area contributed by atoms with Crippen LogP contribution in [-0.2, 0) is 6.54 Å². The van der Waals surface area contributed by atoms with Gasteiger partial charge >= 0.3 is 0 Å². The molecule has 2 aromatic rings. The summed E-state index contributed by atoms with van der Waals surface area (Å²) >= 11 is 1.58. The number of anilines is 2. The van der Waals surface area contributed by atoms with E-state index in [4.69, 9.17) is 4.98 Å². The maximum absolute atomic E-state index is 4.76. The Kier molecular flexibility index (Phi) is 3.20. The fourth-order valence-electron chi connectivity index (χ4n) is 2.98. The third-order valence-corrected chi connectivity index (χ3v) is 4.55. The van der Waals surface area contributed by atoms with E-state index in [2.05, 4.69) is 51.1 Å². The van der Waals surface area contributed by atoms with Gasteiger partial charge in [0.05, 0.1) is 11.6 Å². The molecule has 2 N–H and O–H groups in total. The summed E-state index contributed by atoms with van der Waals surface area (Å²) in [7, 11) is 0. The van der Waals surface area contributed by atoms with Crippen molar-refractivity contribution in [1.82, 2.24) is 15.4 Å². The van der Waals surface area contributed by atoms with Crippen LogP contribution >= 0.6 is 11.8 Å².